The Morgan fingerprint density at radius 3 is 2.58 bits per heavy atom. The van der Waals surface area contributed by atoms with Crippen LogP contribution in [0.3, 0.4) is 0 Å². The summed E-state index contributed by atoms with van der Waals surface area (Å²) in [6.07, 6.45) is 14.0. The summed E-state index contributed by atoms with van der Waals surface area (Å²) in [4.78, 5) is 8.86. The van der Waals surface area contributed by atoms with E-state index in [0.29, 0.717) is 6.54 Å². The SMILES string of the molecule is CC.COc1ccc(CNc2cnc3c(c2C=N)=CC(c2cccnc2)=CCC=3)cc1. The van der Waals surface area contributed by atoms with Crippen LogP contribution < -0.4 is 20.6 Å². The predicted octanol–water partition coefficient (Wildman–Crippen LogP) is 4.17. The molecule has 2 N–H and O–H groups in total. The molecule has 0 unspecified atom stereocenters. The van der Waals surface area contributed by atoms with Crippen LogP contribution in [-0.4, -0.2) is 23.3 Å². The Hall–Kier alpha value is -3.73. The number of ether oxygens (including phenoxy) is 1. The van der Waals surface area contributed by atoms with E-state index in [4.69, 9.17) is 10.1 Å². The molecule has 0 bridgehead atoms. The highest BCUT2D eigenvalue weighted by Gasteiger charge is 2.08. The van der Waals surface area contributed by atoms with Crippen molar-refractivity contribution in [3.63, 3.8) is 0 Å². The second-order valence-electron chi connectivity index (χ2n) is 6.72. The molecular weight excluding hydrogens is 384 g/mol. The van der Waals surface area contributed by atoms with Gasteiger partial charge >= 0.3 is 0 Å². The zero-order valence-electron chi connectivity index (χ0n) is 18.2. The van der Waals surface area contributed by atoms with Gasteiger partial charge in [0, 0.05) is 35.9 Å². The number of methoxy groups -OCH3 is 1. The maximum atomic E-state index is 8.03. The molecule has 1 aliphatic carbocycles. The van der Waals surface area contributed by atoms with Gasteiger partial charge in [-0.05, 0) is 47.4 Å². The molecule has 0 amide bonds. The molecule has 5 nitrogen and oxygen atoms in total. The highest BCUT2D eigenvalue weighted by atomic mass is 16.5. The summed E-state index contributed by atoms with van der Waals surface area (Å²) < 4.78 is 5.21. The number of hydrogen-bond acceptors (Lipinski definition) is 5. The molecule has 2 aromatic heterocycles. The van der Waals surface area contributed by atoms with Crippen molar-refractivity contribution >= 4 is 29.6 Å². The van der Waals surface area contributed by atoms with Crippen molar-refractivity contribution in [2.24, 2.45) is 0 Å². The van der Waals surface area contributed by atoms with Crippen molar-refractivity contribution in [1.29, 1.82) is 5.41 Å². The normalized spacial score (nSPS) is 11.9. The van der Waals surface area contributed by atoms with Crippen molar-refractivity contribution in [3.05, 3.63) is 88.3 Å². The maximum absolute atomic E-state index is 8.03. The first kappa shape index (κ1) is 22.0. The third-order valence-electron chi connectivity index (χ3n) is 4.92. The third-order valence-corrected chi connectivity index (χ3v) is 4.92. The number of hydrogen-bond donors (Lipinski definition) is 2. The summed E-state index contributed by atoms with van der Waals surface area (Å²) in [5.41, 5.74) is 4.94. The zero-order chi connectivity index (χ0) is 22.1. The molecule has 5 heteroatoms. The predicted molar refractivity (Wildman–Crippen MR) is 129 cm³/mol. The highest BCUT2D eigenvalue weighted by molar-refractivity contribution is 5.93. The summed E-state index contributed by atoms with van der Waals surface area (Å²) in [6, 6.07) is 11.9. The minimum absolute atomic E-state index is 0.639. The molecule has 0 fully saturated rings. The quantitative estimate of drug-likeness (QED) is 0.596. The maximum Gasteiger partial charge on any atom is 0.118 e. The van der Waals surface area contributed by atoms with Gasteiger partial charge in [-0.25, -0.2) is 0 Å². The van der Waals surface area contributed by atoms with Crippen LogP contribution >= 0.6 is 0 Å². The van der Waals surface area contributed by atoms with E-state index in [0.717, 1.165) is 50.7 Å². The molecule has 31 heavy (non-hydrogen) atoms. The summed E-state index contributed by atoms with van der Waals surface area (Å²) >= 11 is 0. The van der Waals surface area contributed by atoms with Gasteiger partial charge in [0.15, 0.2) is 0 Å². The van der Waals surface area contributed by atoms with E-state index >= 15 is 0 Å². The number of nitrogens with zero attached hydrogens (tertiary/aromatic N) is 2. The van der Waals surface area contributed by atoms with Crippen molar-refractivity contribution in [1.82, 2.24) is 9.97 Å². The molecule has 1 aromatic carbocycles. The molecule has 4 rings (SSSR count). The van der Waals surface area contributed by atoms with E-state index in [1.54, 1.807) is 13.3 Å². The van der Waals surface area contributed by atoms with E-state index < -0.39 is 0 Å². The fourth-order valence-corrected chi connectivity index (χ4v) is 3.35. The van der Waals surface area contributed by atoms with Crippen molar-refractivity contribution in [2.45, 2.75) is 26.8 Å². The molecular formula is C26H28N4O. The van der Waals surface area contributed by atoms with Crippen LogP contribution in [0.25, 0.3) is 17.7 Å². The number of fused-ring (bicyclic) bond motifs is 1. The van der Waals surface area contributed by atoms with Crippen molar-refractivity contribution in [3.8, 4) is 5.75 Å². The Balaban J connectivity index is 0.00000132. The van der Waals surface area contributed by atoms with Gasteiger partial charge in [-0.15, -0.1) is 0 Å². The topological polar surface area (TPSA) is 70.9 Å². The van der Waals surface area contributed by atoms with Crippen molar-refractivity contribution < 1.29 is 4.74 Å². The van der Waals surface area contributed by atoms with Gasteiger partial charge in [0.1, 0.15) is 5.75 Å². The fourth-order valence-electron chi connectivity index (χ4n) is 3.35. The minimum Gasteiger partial charge on any atom is -0.497 e. The molecule has 2 heterocycles. The number of allylic oxidation sites excluding steroid dienone is 2. The van der Waals surface area contributed by atoms with Gasteiger partial charge in [-0.2, -0.15) is 0 Å². The van der Waals surface area contributed by atoms with Gasteiger partial charge in [0.2, 0.25) is 0 Å². The molecule has 0 saturated carbocycles. The van der Waals surface area contributed by atoms with Gasteiger partial charge in [0.05, 0.1) is 24.3 Å². The van der Waals surface area contributed by atoms with Crippen LogP contribution in [0.2, 0.25) is 0 Å². The second-order valence-corrected chi connectivity index (χ2v) is 6.72. The lowest BCUT2D eigenvalue weighted by Gasteiger charge is -2.11. The number of rotatable bonds is 6. The fraction of sp³-hybridized carbons (Fsp3) is 0.192. The highest BCUT2D eigenvalue weighted by Crippen LogP contribution is 2.18. The number of aromatic nitrogens is 2. The Morgan fingerprint density at radius 1 is 1.10 bits per heavy atom. The lowest BCUT2D eigenvalue weighted by atomic mass is 10.0. The van der Waals surface area contributed by atoms with Crippen LogP contribution in [-0.2, 0) is 6.54 Å². The molecule has 0 radical (unpaired) electrons. The summed E-state index contributed by atoms with van der Waals surface area (Å²) in [5.74, 6) is 0.834. The van der Waals surface area contributed by atoms with Crippen LogP contribution in [0.15, 0.2) is 61.1 Å². The monoisotopic (exact) mass is 412 g/mol. The molecule has 3 aromatic rings. The third kappa shape index (κ3) is 5.25. The Morgan fingerprint density at radius 2 is 1.90 bits per heavy atom. The first-order valence-corrected chi connectivity index (χ1v) is 10.5. The van der Waals surface area contributed by atoms with E-state index in [-0.39, 0.29) is 0 Å². The average Bonchev–Trinajstić information content (AvgIpc) is 3.07. The molecule has 1 aliphatic rings. The van der Waals surface area contributed by atoms with Crippen LogP contribution in [0.5, 0.6) is 5.75 Å². The van der Waals surface area contributed by atoms with Crippen LogP contribution in [0.1, 0.15) is 37.0 Å². The largest absolute Gasteiger partial charge is 0.497 e. The van der Waals surface area contributed by atoms with Crippen molar-refractivity contribution in [2.75, 3.05) is 12.4 Å². The van der Waals surface area contributed by atoms with Crippen LogP contribution in [0.4, 0.5) is 5.69 Å². The second kappa shape index (κ2) is 10.9. The number of benzene rings is 1. The standard InChI is InChI=1S/C24H22N4O.C2H6/c1-29-20-9-7-17(8-10-20)14-27-24-16-28-23-6-2-4-18(12-21(23)22(24)13-25)19-5-3-11-26-15-19;1-2/h3-13,15-16,25,27H,2,14H2,1H3;1-2H3. The van der Waals surface area contributed by atoms with Gasteiger partial charge in [-0.1, -0.05) is 44.2 Å². The van der Waals surface area contributed by atoms with Gasteiger partial charge in [-0.3, -0.25) is 9.97 Å². The first-order valence-electron chi connectivity index (χ1n) is 10.5. The van der Waals surface area contributed by atoms with Gasteiger partial charge in [0.25, 0.3) is 0 Å². The summed E-state index contributed by atoms with van der Waals surface area (Å²) in [7, 11) is 1.66. The van der Waals surface area contributed by atoms with E-state index in [2.05, 4.69) is 33.5 Å². The molecule has 0 saturated heterocycles. The Kier molecular flexibility index (Phi) is 7.71. The van der Waals surface area contributed by atoms with E-state index in [9.17, 15) is 0 Å². The first-order chi connectivity index (χ1) is 15.3. The Bertz CT molecular complexity index is 1170. The molecule has 158 valence electrons. The lowest BCUT2D eigenvalue weighted by molar-refractivity contribution is 0.414. The van der Waals surface area contributed by atoms with E-state index in [1.165, 1.54) is 6.21 Å². The smallest absolute Gasteiger partial charge is 0.118 e. The average molecular weight is 413 g/mol. The number of pyridine rings is 2. The van der Waals surface area contributed by atoms with Gasteiger partial charge < -0.3 is 15.5 Å². The summed E-state index contributed by atoms with van der Waals surface area (Å²) in [6.45, 7) is 4.64. The van der Waals surface area contributed by atoms with Crippen LogP contribution in [0, 0.1) is 5.41 Å². The molecule has 0 spiro atoms. The Labute approximate surface area is 183 Å². The number of nitrogens with one attached hydrogen (secondary N) is 2. The zero-order valence-corrected chi connectivity index (χ0v) is 18.2. The summed E-state index contributed by atoms with van der Waals surface area (Å²) in [5, 5.41) is 13.3. The minimum atomic E-state index is 0.639. The lowest BCUT2D eigenvalue weighted by Crippen LogP contribution is -2.32. The number of anilines is 1. The molecule has 0 atom stereocenters. The van der Waals surface area contributed by atoms with E-state index in [1.807, 2.05) is 62.6 Å². The molecule has 0 aliphatic heterocycles.